The topological polar surface area (TPSA) is 95.5 Å². The molecule has 2 fully saturated rings. The molecule has 0 aliphatic carbocycles. The number of amides is 2. The van der Waals surface area contributed by atoms with Crippen LogP contribution in [-0.4, -0.2) is 34.6 Å². The summed E-state index contributed by atoms with van der Waals surface area (Å²) < 4.78 is 0. The summed E-state index contributed by atoms with van der Waals surface area (Å²) in [5.41, 5.74) is 2.87. The molecule has 2 aliphatic rings. The van der Waals surface area contributed by atoms with Crippen molar-refractivity contribution in [3.8, 4) is 0 Å². The van der Waals surface area contributed by atoms with Gasteiger partial charge in [0.25, 0.3) is 5.91 Å². The van der Waals surface area contributed by atoms with E-state index in [0.717, 1.165) is 35.9 Å². The van der Waals surface area contributed by atoms with Gasteiger partial charge in [0.1, 0.15) is 0 Å². The standard InChI is InChI=1S/C24H20ClN5O2S/c25-17-7-6-16(28-22(31)19-4-2-10-27-19)13-20(17)29-24-30-23(32)21(33-24)12-14-5-8-18-15(11-14)3-1-9-26-18/h1,3,5-9,11-13,19,27H,2,4,10H2,(H,28,31)(H,29,30,32)/t19-/m0/s1. The molecule has 3 aromatic rings. The number of rotatable bonds is 4. The third kappa shape index (κ3) is 4.93. The lowest BCUT2D eigenvalue weighted by atomic mass is 10.1. The number of fused-ring (bicyclic) bond motifs is 1. The van der Waals surface area contributed by atoms with Crippen molar-refractivity contribution in [2.75, 3.05) is 11.9 Å². The molecule has 0 bridgehead atoms. The molecular formula is C24H20ClN5O2S. The van der Waals surface area contributed by atoms with E-state index < -0.39 is 0 Å². The highest BCUT2D eigenvalue weighted by atomic mass is 35.5. The van der Waals surface area contributed by atoms with Gasteiger partial charge in [-0.1, -0.05) is 23.7 Å². The van der Waals surface area contributed by atoms with E-state index in [1.807, 2.05) is 36.4 Å². The molecule has 1 atom stereocenters. The Morgan fingerprint density at radius 1 is 1.24 bits per heavy atom. The largest absolute Gasteiger partial charge is 0.325 e. The quantitative estimate of drug-likeness (QED) is 0.482. The average Bonchev–Trinajstić information content (AvgIpc) is 3.46. The van der Waals surface area contributed by atoms with Gasteiger partial charge in [0, 0.05) is 17.3 Å². The van der Waals surface area contributed by atoms with Gasteiger partial charge < -0.3 is 16.0 Å². The average molecular weight is 478 g/mol. The Kier molecular flexibility index (Phi) is 6.13. The number of nitrogens with one attached hydrogen (secondary N) is 3. The molecule has 0 saturated carbocycles. The van der Waals surface area contributed by atoms with Crippen molar-refractivity contribution in [3.05, 3.63) is 70.2 Å². The molecule has 0 unspecified atom stereocenters. The van der Waals surface area contributed by atoms with Gasteiger partial charge in [0.2, 0.25) is 5.91 Å². The zero-order valence-corrected chi connectivity index (χ0v) is 19.0. The third-order valence-electron chi connectivity index (χ3n) is 5.39. The minimum Gasteiger partial charge on any atom is -0.325 e. The van der Waals surface area contributed by atoms with Gasteiger partial charge in [-0.2, -0.15) is 0 Å². The molecule has 1 aromatic heterocycles. The maximum atomic E-state index is 12.5. The number of aliphatic imine (C=N–C) groups is 1. The first-order valence-electron chi connectivity index (χ1n) is 10.5. The number of benzene rings is 2. The van der Waals surface area contributed by atoms with E-state index in [4.69, 9.17) is 11.6 Å². The van der Waals surface area contributed by atoms with Gasteiger partial charge in [-0.15, -0.1) is 0 Å². The summed E-state index contributed by atoms with van der Waals surface area (Å²) in [7, 11) is 0. The number of thioether (sulfide) groups is 1. The van der Waals surface area contributed by atoms with Gasteiger partial charge in [-0.25, -0.2) is 4.99 Å². The summed E-state index contributed by atoms with van der Waals surface area (Å²) in [4.78, 5) is 34.2. The fraction of sp³-hybridized carbons (Fsp3) is 0.167. The van der Waals surface area contributed by atoms with Gasteiger partial charge in [0.15, 0.2) is 5.17 Å². The molecule has 2 aliphatic heterocycles. The molecule has 2 aromatic carbocycles. The van der Waals surface area contributed by atoms with Gasteiger partial charge in [0.05, 0.1) is 27.2 Å². The van der Waals surface area contributed by atoms with Crippen LogP contribution in [0.4, 0.5) is 11.4 Å². The van der Waals surface area contributed by atoms with Crippen LogP contribution in [0.1, 0.15) is 18.4 Å². The van der Waals surface area contributed by atoms with Crippen molar-refractivity contribution in [1.29, 1.82) is 0 Å². The number of nitrogens with zero attached hydrogens (tertiary/aromatic N) is 2. The summed E-state index contributed by atoms with van der Waals surface area (Å²) in [6.07, 6.45) is 5.38. The van der Waals surface area contributed by atoms with Crippen LogP contribution in [0.3, 0.4) is 0 Å². The van der Waals surface area contributed by atoms with E-state index in [0.29, 0.717) is 26.5 Å². The minimum atomic E-state index is -0.224. The molecule has 5 rings (SSSR count). The van der Waals surface area contributed by atoms with Crippen molar-refractivity contribution in [1.82, 2.24) is 15.6 Å². The first-order valence-corrected chi connectivity index (χ1v) is 11.7. The molecule has 3 N–H and O–H groups in total. The second-order valence-electron chi connectivity index (χ2n) is 7.74. The highest BCUT2D eigenvalue weighted by Gasteiger charge is 2.25. The molecule has 0 radical (unpaired) electrons. The number of carbonyl (C=O) groups excluding carboxylic acids is 2. The first-order chi connectivity index (χ1) is 16.0. The van der Waals surface area contributed by atoms with Crippen molar-refractivity contribution in [3.63, 3.8) is 0 Å². The van der Waals surface area contributed by atoms with E-state index in [-0.39, 0.29) is 17.9 Å². The molecule has 9 heteroatoms. The number of halogens is 1. The smallest absolute Gasteiger partial charge is 0.264 e. The van der Waals surface area contributed by atoms with Crippen LogP contribution in [0.5, 0.6) is 0 Å². The third-order valence-corrected chi connectivity index (χ3v) is 6.62. The fourth-order valence-electron chi connectivity index (χ4n) is 3.74. The zero-order valence-electron chi connectivity index (χ0n) is 17.5. The van der Waals surface area contributed by atoms with Crippen LogP contribution in [0.15, 0.2) is 64.6 Å². The fourth-order valence-corrected chi connectivity index (χ4v) is 4.73. The van der Waals surface area contributed by atoms with E-state index in [2.05, 4.69) is 25.9 Å². The summed E-state index contributed by atoms with van der Waals surface area (Å²) >= 11 is 7.56. The number of carbonyl (C=O) groups is 2. The Hall–Kier alpha value is -3.20. The van der Waals surface area contributed by atoms with Crippen LogP contribution in [-0.2, 0) is 9.59 Å². The predicted molar refractivity (Wildman–Crippen MR) is 134 cm³/mol. The second-order valence-corrected chi connectivity index (χ2v) is 9.18. The summed E-state index contributed by atoms with van der Waals surface area (Å²) in [5, 5.41) is 10.7. The van der Waals surface area contributed by atoms with E-state index in [1.54, 1.807) is 24.4 Å². The molecule has 33 heavy (non-hydrogen) atoms. The van der Waals surface area contributed by atoms with Crippen molar-refractivity contribution in [2.24, 2.45) is 4.99 Å². The Morgan fingerprint density at radius 3 is 3.00 bits per heavy atom. The lowest BCUT2D eigenvalue weighted by molar-refractivity contribution is -0.118. The zero-order chi connectivity index (χ0) is 22.8. The van der Waals surface area contributed by atoms with Crippen molar-refractivity contribution in [2.45, 2.75) is 18.9 Å². The van der Waals surface area contributed by atoms with Crippen LogP contribution in [0.25, 0.3) is 17.0 Å². The number of hydrogen-bond donors (Lipinski definition) is 3. The summed E-state index contributed by atoms with van der Waals surface area (Å²) in [6, 6.07) is 14.6. The van der Waals surface area contributed by atoms with Gasteiger partial charge >= 0.3 is 0 Å². The minimum absolute atomic E-state index is 0.0761. The lowest BCUT2D eigenvalue weighted by Crippen LogP contribution is -2.35. The molecule has 3 heterocycles. The Bertz CT molecular complexity index is 1320. The summed E-state index contributed by atoms with van der Waals surface area (Å²) in [5.74, 6) is -0.300. The molecule has 2 saturated heterocycles. The SMILES string of the molecule is O=C1NC(=Nc2cc(NC(=O)[C@@H]3CCCN3)ccc2Cl)SC1=Cc1ccc2ncccc2c1. The van der Waals surface area contributed by atoms with Crippen LogP contribution in [0.2, 0.25) is 5.02 Å². The van der Waals surface area contributed by atoms with Crippen LogP contribution in [0, 0.1) is 0 Å². The van der Waals surface area contributed by atoms with Crippen molar-refractivity contribution >= 4 is 68.7 Å². The van der Waals surface area contributed by atoms with Gasteiger partial charge in [-0.05, 0) is 79.2 Å². The maximum absolute atomic E-state index is 12.5. The molecule has 7 nitrogen and oxygen atoms in total. The Morgan fingerprint density at radius 2 is 2.15 bits per heavy atom. The highest BCUT2D eigenvalue weighted by molar-refractivity contribution is 8.18. The normalized spacial score (nSPS) is 20.5. The van der Waals surface area contributed by atoms with Crippen LogP contribution >= 0.6 is 23.4 Å². The van der Waals surface area contributed by atoms with Crippen molar-refractivity contribution < 1.29 is 9.59 Å². The molecule has 0 spiro atoms. The van der Waals surface area contributed by atoms with Crippen LogP contribution < -0.4 is 16.0 Å². The highest BCUT2D eigenvalue weighted by Crippen LogP contribution is 2.33. The molecule has 2 amide bonds. The monoisotopic (exact) mass is 477 g/mol. The maximum Gasteiger partial charge on any atom is 0.264 e. The molecule has 166 valence electrons. The Balaban J connectivity index is 1.34. The van der Waals surface area contributed by atoms with E-state index >= 15 is 0 Å². The number of amidine groups is 1. The number of pyridine rings is 1. The second kappa shape index (κ2) is 9.35. The summed E-state index contributed by atoms with van der Waals surface area (Å²) in [6.45, 7) is 0.848. The number of anilines is 1. The van der Waals surface area contributed by atoms with E-state index in [1.165, 1.54) is 11.8 Å². The number of hydrogen-bond acceptors (Lipinski definition) is 6. The van der Waals surface area contributed by atoms with Gasteiger partial charge in [-0.3, -0.25) is 14.6 Å². The number of aromatic nitrogens is 1. The predicted octanol–water partition coefficient (Wildman–Crippen LogP) is 4.47. The molecular weight excluding hydrogens is 458 g/mol. The Labute approximate surface area is 199 Å². The van der Waals surface area contributed by atoms with E-state index in [9.17, 15) is 9.59 Å². The lowest BCUT2D eigenvalue weighted by Gasteiger charge is -2.12. The first kappa shape index (κ1) is 21.6.